The fourth-order valence-corrected chi connectivity index (χ4v) is 7.47. The Labute approximate surface area is 281 Å². The highest BCUT2D eigenvalue weighted by Gasteiger charge is 2.52. The summed E-state index contributed by atoms with van der Waals surface area (Å²) < 4.78 is 26.3. The number of ketones is 1. The van der Waals surface area contributed by atoms with Crippen molar-refractivity contribution in [2.24, 2.45) is 22.7 Å². The van der Waals surface area contributed by atoms with Gasteiger partial charge in [-0.1, -0.05) is 54.0 Å². The predicted octanol–water partition coefficient (Wildman–Crippen LogP) is 2.18. The molecule has 0 aromatic heterocycles. The molecular formula is C33H58N6O7S. The van der Waals surface area contributed by atoms with Crippen LogP contribution in [0.2, 0.25) is 0 Å². The first-order chi connectivity index (χ1) is 21.3. The molecule has 0 aromatic rings. The highest BCUT2D eigenvalue weighted by Crippen LogP contribution is 2.43. The van der Waals surface area contributed by atoms with Gasteiger partial charge in [0.15, 0.2) is 0 Å². The summed E-state index contributed by atoms with van der Waals surface area (Å²) in [7, 11) is -2.18. The Morgan fingerprint density at radius 1 is 0.936 bits per heavy atom. The number of nitrogens with zero attached hydrogens (tertiary/aromatic N) is 2. The Balaban J connectivity index is 2.30. The van der Waals surface area contributed by atoms with Crippen molar-refractivity contribution < 1.29 is 32.4 Å². The monoisotopic (exact) mass is 682 g/mol. The van der Waals surface area contributed by atoms with Crippen LogP contribution < -0.4 is 21.3 Å². The second kappa shape index (κ2) is 15.0. The number of sulfonamides is 1. The first-order valence-corrected chi connectivity index (χ1v) is 17.8. The molecule has 1 aliphatic heterocycles. The zero-order valence-corrected chi connectivity index (χ0v) is 31.0. The van der Waals surface area contributed by atoms with Crippen LogP contribution in [0.5, 0.6) is 0 Å². The van der Waals surface area contributed by atoms with Gasteiger partial charge in [-0.3, -0.25) is 19.2 Å². The predicted molar refractivity (Wildman–Crippen MR) is 182 cm³/mol. The molecule has 2 rings (SSSR count). The maximum atomic E-state index is 14.3. The summed E-state index contributed by atoms with van der Waals surface area (Å²) in [6.45, 7) is 21.4. The quantitative estimate of drug-likeness (QED) is 0.180. The van der Waals surface area contributed by atoms with Crippen molar-refractivity contribution in [1.82, 2.24) is 30.5 Å². The smallest absolute Gasteiger partial charge is 0.315 e. The third-order valence-corrected chi connectivity index (χ3v) is 11.7. The van der Waals surface area contributed by atoms with E-state index in [4.69, 9.17) is 0 Å². The second-order valence-corrected chi connectivity index (χ2v) is 18.9. The lowest BCUT2D eigenvalue weighted by Gasteiger charge is -2.38. The Bertz CT molecular complexity index is 1310. The largest absolute Gasteiger partial charge is 0.346 e. The van der Waals surface area contributed by atoms with E-state index in [9.17, 15) is 32.4 Å². The molecule has 268 valence electrons. The van der Waals surface area contributed by atoms with Crippen LogP contribution in [-0.2, 0) is 29.2 Å². The van der Waals surface area contributed by atoms with Gasteiger partial charge in [-0.25, -0.2) is 17.5 Å². The average Bonchev–Trinajstić information content (AvgIpc) is 3.53. The van der Waals surface area contributed by atoms with Gasteiger partial charge < -0.3 is 26.2 Å². The maximum absolute atomic E-state index is 14.3. The first kappa shape index (κ1) is 40.2. The highest BCUT2D eigenvalue weighted by molar-refractivity contribution is 7.90. The summed E-state index contributed by atoms with van der Waals surface area (Å²) in [6, 6.07) is -4.24. The molecule has 1 heterocycles. The van der Waals surface area contributed by atoms with Gasteiger partial charge in [0.1, 0.15) is 12.1 Å². The fraction of sp³-hybridized carbons (Fsp3) is 0.788. The van der Waals surface area contributed by atoms with Gasteiger partial charge in [0, 0.05) is 32.7 Å². The minimum atomic E-state index is -3.67. The second-order valence-electron chi connectivity index (χ2n) is 16.1. The van der Waals surface area contributed by atoms with E-state index in [2.05, 4.69) is 27.8 Å². The molecule has 1 unspecified atom stereocenters. The average molecular weight is 683 g/mol. The normalized spacial score (nSPS) is 22.1. The Kier molecular flexibility index (Phi) is 12.9. The Hall–Kier alpha value is -3.00. The molecule has 0 radical (unpaired) electrons. The molecule has 14 heteroatoms. The molecule has 0 spiro atoms. The number of carbonyl (C=O) groups is 5. The molecule has 6 atom stereocenters. The van der Waals surface area contributed by atoms with Crippen LogP contribution in [-0.4, -0.2) is 103 Å². The number of likely N-dealkylation sites (tertiary alicyclic amines) is 1. The molecule has 1 aliphatic carbocycles. The molecule has 1 saturated heterocycles. The van der Waals surface area contributed by atoms with E-state index < -0.39 is 79.3 Å². The minimum Gasteiger partial charge on any atom is -0.346 e. The van der Waals surface area contributed by atoms with E-state index in [1.807, 2.05) is 41.5 Å². The van der Waals surface area contributed by atoms with Crippen LogP contribution in [0.25, 0.3) is 0 Å². The van der Waals surface area contributed by atoms with Crippen molar-refractivity contribution in [3.8, 4) is 0 Å². The number of amides is 5. The highest BCUT2D eigenvalue weighted by atomic mass is 32.2. The summed E-state index contributed by atoms with van der Waals surface area (Å²) in [5, 5.41) is 10.8. The summed E-state index contributed by atoms with van der Waals surface area (Å²) in [5.41, 5.74) is -1.30. The molecule has 0 bridgehead atoms. The molecule has 4 N–H and O–H groups in total. The standard InChI is InChI=1S/C33H58N6O7S/c1-13-17-34-28(42)25(40)20(2)35-27(41)24-22-16-14-15-21(22)18-39(24)29(43)26(32(6,7)8)37-30(44)36-23(31(3,4)5)19-38(12)47(45,46)33(9,10)11/h13,20-24,26H,1,14-19H2,2-12H3,(H,34,42)(H,35,41)(H2,36,37,44)/t20?,21-,22-,23+,24-,26+/m0/s1. The number of carbonyl (C=O) groups excluding carboxylic acids is 5. The summed E-state index contributed by atoms with van der Waals surface area (Å²) in [5.74, 6) is -2.61. The van der Waals surface area contributed by atoms with Crippen molar-refractivity contribution in [2.45, 2.75) is 117 Å². The summed E-state index contributed by atoms with van der Waals surface area (Å²) in [4.78, 5) is 67.9. The van der Waals surface area contributed by atoms with Crippen LogP contribution in [0.3, 0.4) is 0 Å². The van der Waals surface area contributed by atoms with Crippen molar-refractivity contribution in [2.75, 3.05) is 26.7 Å². The molecule has 2 fully saturated rings. The molecule has 1 saturated carbocycles. The third kappa shape index (κ3) is 9.77. The lowest BCUT2D eigenvalue weighted by molar-refractivity contribution is -0.144. The van der Waals surface area contributed by atoms with Gasteiger partial charge in [0.2, 0.25) is 27.6 Å². The molecule has 5 amide bonds. The summed E-state index contributed by atoms with van der Waals surface area (Å²) >= 11 is 0. The van der Waals surface area contributed by atoms with E-state index in [0.717, 1.165) is 19.3 Å². The van der Waals surface area contributed by atoms with E-state index >= 15 is 0 Å². The lowest BCUT2D eigenvalue weighted by Crippen LogP contribution is -2.62. The Morgan fingerprint density at radius 3 is 2.04 bits per heavy atom. The first-order valence-electron chi connectivity index (χ1n) is 16.4. The number of Topliss-reactive ketones (excluding diaryl/α,β-unsaturated/α-hetero) is 1. The SMILES string of the molecule is C=CCNC(=O)C(=O)C(C)NC(=O)[C@@H]1[C@H]2CCC[C@H]2CN1C(=O)[C@@H](NC(=O)N[C@H](CN(C)S(=O)(=O)C(C)(C)C)C(C)(C)C)C(C)(C)C. The summed E-state index contributed by atoms with van der Waals surface area (Å²) in [6.07, 6.45) is 3.94. The lowest BCUT2D eigenvalue weighted by atomic mass is 9.85. The van der Waals surface area contributed by atoms with Gasteiger partial charge in [-0.2, -0.15) is 0 Å². The zero-order valence-electron chi connectivity index (χ0n) is 30.2. The zero-order chi connectivity index (χ0) is 36.3. The van der Waals surface area contributed by atoms with E-state index in [1.54, 1.807) is 20.8 Å². The number of fused-ring (bicyclic) bond motifs is 1. The number of nitrogens with one attached hydrogen (secondary N) is 4. The van der Waals surface area contributed by atoms with Gasteiger partial charge in [0.05, 0.1) is 10.8 Å². The van der Waals surface area contributed by atoms with Crippen molar-refractivity contribution >= 4 is 39.6 Å². The van der Waals surface area contributed by atoms with Gasteiger partial charge >= 0.3 is 6.03 Å². The molecule has 47 heavy (non-hydrogen) atoms. The van der Waals surface area contributed by atoms with E-state index in [0.29, 0.717) is 6.54 Å². The van der Waals surface area contributed by atoms with Gasteiger partial charge in [-0.05, 0) is 63.2 Å². The van der Waals surface area contributed by atoms with Crippen LogP contribution in [0, 0.1) is 22.7 Å². The third-order valence-electron chi connectivity index (χ3n) is 9.19. The van der Waals surface area contributed by atoms with Crippen molar-refractivity contribution in [3.63, 3.8) is 0 Å². The van der Waals surface area contributed by atoms with Crippen LogP contribution in [0.1, 0.15) is 88.5 Å². The van der Waals surface area contributed by atoms with Crippen LogP contribution in [0.15, 0.2) is 12.7 Å². The van der Waals surface area contributed by atoms with Gasteiger partial charge in [0.25, 0.3) is 5.91 Å². The van der Waals surface area contributed by atoms with E-state index in [-0.39, 0.29) is 24.9 Å². The Morgan fingerprint density at radius 2 is 1.53 bits per heavy atom. The van der Waals surface area contributed by atoms with Crippen molar-refractivity contribution in [3.05, 3.63) is 12.7 Å². The van der Waals surface area contributed by atoms with Crippen LogP contribution in [0.4, 0.5) is 4.79 Å². The number of urea groups is 1. The maximum Gasteiger partial charge on any atom is 0.315 e. The number of rotatable bonds is 12. The number of likely N-dealkylation sites (N-methyl/N-ethyl adjacent to an activating group) is 1. The van der Waals surface area contributed by atoms with Crippen LogP contribution >= 0.6 is 0 Å². The van der Waals surface area contributed by atoms with Gasteiger partial charge in [-0.15, -0.1) is 6.58 Å². The molecule has 13 nitrogen and oxygen atoms in total. The molecular weight excluding hydrogens is 624 g/mol. The number of hydrogen-bond acceptors (Lipinski definition) is 7. The number of hydrogen-bond donors (Lipinski definition) is 4. The fourth-order valence-electron chi connectivity index (χ4n) is 6.19. The van der Waals surface area contributed by atoms with E-state index in [1.165, 1.54) is 29.3 Å². The molecule has 2 aliphatic rings. The van der Waals surface area contributed by atoms with Crippen molar-refractivity contribution in [1.29, 1.82) is 0 Å². The minimum absolute atomic E-state index is 0.0188. The molecule has 0 aromatic carbocycles. The topological polar surface area (TPSA) is 174 Å².